The molecule has 21 heavy (non-hydrogen) atoms. The molecule has 3 rings (SSSR count). The van der Waals surface area contributed by atoms with Crippen LogP contribution >= 0.6 is 22.9 Å². The number of rotatable bonds is 2. The van der Waals surface area contributed by atoms with Crippen molar-refractivity contribution in [2.45, 2.75) is 52.1 Å². The highest BCUT2D eigenvalue weighted by atomic mass is 35.5. The Kier molecular flexibility index (Phi) is 4.39. The summed E-state index contributed by atoms with van der Waals surface area (Å²) < 4.78 is 0. The summed E-state index contributed by atoms with van der Waals surface area (Å²) in [4.78, 5) is 2.49. The van der Waals surface area contributed by atoms with Crippen LogP contribution in [0.15, 0.2) is 18.2 Å². The Labute approximate surface area is 135 Å². The zero-order chi connectivity index (χ0) is 15.0. The second-order valence-electron chi connectivity index (χ2n) is 6.02. The number of aryl methyl sites for hydroxylation is 4. The number of fused-ring (bicyclic) bond motifs is 1. The van der Waals surface area contributed by atoms with Crippen LogP contribution < -0.4 is 0 Å². The van der Waals surface area contributed by atoms with Crippen LogP contribution in [0.3, 0.4) is 0 Å². The van der Waals surface area contributed by atoms with Crippen molar-refractivity contribution in [2.75, 3.05) is 0 Å². The van der Waals surface area contributed by atoms with E-state index in [-0.39, 0.29) is 0 Å². The predicted octanol–water partition coefficient (Wildman–Crippen LogP) is 5.37. The van der Waals surface area contributed by atoms with Crippen molar-refractivity contribution in [1.82, 2.24) is 0 Å². The maximum absolute atomic E-state index is 10.7. The van der Waals surface area contributed by atoms with Gasteiger partial charge in [0.25, 0.3) is 0 Å². The highest BCUT2D eigenvalue weighted by Gasteiger charge is 2.20. The lowest BCUT2D eigenvalue weighted by molar-refractivity contribution is 0.224. The predicted molar refractivity (Wildman–Crippen MR) is 90.6 cm³/mol. The summed E-state index contributed by atoms with van der Waals surface area (Å²) in [6.45, 7) is 4.11. The molecule has 112 valence electrons. The summed E-state index contributed by atoms with van der Waals surface area (Å²) in [5.41, 5.74) is 4.60. The van der Waals surface area contributed by atoms with Crippen LogP contribution in [0.4, 0.5) is 0 Å². The third-order valence-electron chi connectivity index (χ3n) is 4.44. The third-order valence-corrected chi connectivity index (χ3v) is 6.06. The quantitative estimate of drug-likeness (QED) is 0.738. The van der Waals surface area contributed by atoms with E-state index in [1.165, 1.54) is 35.3 Å². The summed E-state index contributed by atoms with van der Waals surface area (Å²) >= 11 is 8.11. The fourth-order valence-corrected chi connectivity index (χ4v) is 4.58. The third kappa shape index (κ3) is 3.03. The van der Waals surface area contributed by atoms with Crippen molar-refractivity contribution < 1.29 is 5.11 Å². The summed E-state index contributed by atoms with van der Waals surface area (Å²) in [5.74, 6) is 0. The first-order valence-corrected chi connectivity index (χ1v) is 8.82. The molecule has 3 heteroatoms. The number of thiophene rings is 1. The minimum absolute atomic E-state index is 0.603. The van der Waals surface area contributed by atoms with Crippen LogP contribution in [0, 0.1) is 13.8 Å². The molecule has 2 aromatic rings. The van der Waals surface area contributed by atoms with Crippen molar-refractivity contribution >= 4 is 22.9 Å². The number of halogens is 1. The van der Waals surface area contributed by atoms with E-state index in [1.807, 2.05) is 19.1 Å². The van der Waals surface area contributed by atoms with Gasteiger partial charge in [-0.05, 0) is 68.4 Å². The summed E-state index contributed by atoms with van der Waals surface area (Å²) in [5, 5.41) is 11.4. The van der Waals surface area contributed by atoms with Crippen LogP contribution in [0.1, 0.15) is 57.4 Å². The topological polar surface area (TPSA) is 20.2 Å². The SMILES string of the molecule is Cc1cc(Cl)c(C(O)c2cc3c(s2)CCCCC3)cc1C. The molecule has 1 aliphatic carbocycles. The van der Waals surface area contributed by atoms with Gasteiger partial charge in [-0.1, -0.05) is 24.1 Å². The molecule has 0 saturated carbocycles. The van der Waals surface area contributed by atoms with Crippen LogP contribution in [-0.4, -0.2) is 5.11 Å². The molecule has 1 aromatic heterocycles. The second-order valence-corrected chi connectivity index (χ2v) is 7.59. The highest BCUT2D eigenvalue weighted by Crippen LogP contribution is 2.37. The van der Waals surface area contributed by atoms with Crippen molar-refractivity contribution in [3.05, 3.63) is 55.2 Å². The minimum atomic E-state index is -0.603. The number of benzene rings is 1. The smallest absolute Gasteiger partial charge is 0.115 e. The number of aliphatic hydroxyl groups excluding tert-OH is 1. The Hall–Kier alpha value is -0.830. The van der Waals surface area contributed by atoms with Gasteiger partial charge in [-0.25, -0.2) is 0 Å². The number of hydrogen-bond donors (Lipinski definition) is 1. The van der Waals surface area contributed by atoms with E-state index in [9.17, 15) is 5.11 Å². The van der Waals surface area contributed by atoms with Gasteiger partial charge in [0, 0.05) is 20.3 Å². The number of aliphatic hydroxyl groups is 1. The molecule has 1 nitrogen and oxygen atoms in total. The lowest BCUT2D eigenvalue weighted by atomic mass is 10.0. The molecule has 0 saturated heterocycles. The molecule has 1 aliphatic rings. The second kappa shape index (κ2) is 6.12. The van der Waals surface area contributed by atoms with Gasteiger partial charge in [0.05, 0.1) is 0 Å². The van der Waals surface area contributed by atoms with Gasteiger partial charge in [-0.2, -0.15) is 0 Å². The normalized spacial score (nSPS) is 16.4. The maximum Gasteiger partial charge on any atom is 0.115 e. The summed E-state index contributed by atoms with van der Waals surface area (Å²) in [6.07, 6.45) is 5.57. The fraction of sp³-hybridized carbons (Fsp3) is 0.444. The summed E-state index contributed by atoms with van der Waals surface area (Å²) in [7, 11) is 0. The minimum Gasteiger partial charge on any atom is -0.383 e. The molecular formula is C18H21ClOS. The molecule has 0 spiro atoms. The van der Waals surface area contributed by atoms with E-state index >= 15 is 0 Å². The lowest BCUT2D eigenvalue weighted by Crippen LogP contribution is -2.00. The molecule has 0 radical (unpaired) electrons. The Balaban J connectivity index is 1.95. The zero-order valence-corrected chi connectivity index (χ0v) is 14.2. The van der Waals surface area contributed by atoms with Crippen LogP contribution in [0.2, 0.25) is 5.02 Å². The molecule has 1 atom stereocenters. The zero-order valence-electron chi connectivity index (χ0n) is 12.6. The summed E-state index contributed by atoms with van der Waals surface area (Å²) in [6, 6.07) is 6.17. The van der Waals surface area contributed by atoms with Crippen LogP contribution in [0.5, 0.6) is 0 Å². The molecule has 0 amide bonds. The van der Waals surface area contributed by atoms with Gasteiger partial charge in [0.15, 0.2) is 0 Å². The van der Waals surface area contributed by atoms with Gasteiger partial charge in [0.1, 0.15) is 6.10 Å². The molecule has 0 fully saturated rings. The van der Waals surface area contributed by atoms with Gasteiger partial charge >= 0.3 is 0 Å². The molecule has 0 bridgehead atoms. The maximum atomic E-state index is 10.7. The molecule has 0 aliphatic heterocycles. The average molecular weight is 321 g/mol. The average Bonchev–Trinajstić information content (AvgIpc) is 2.73. The first-order chi connectivity index (χ1) is 10.1. The molecule has 1 unspecified atom stereocenters. The number of hydrogen-bond acceptors (Lipinski definition) is 2. The first kappa shape index (κ1) is 15.1. The van der Waals surface area contributed by atoms with Crippen molar-refractivity contribution in [2.24, 2.45) is 0 Å². The molecule has 1 N–H and O–H groups in total. The fourth-order valence-electron chi connectivity index (χ4n) is 2.99. The van der Waals surface area contributed by atoms with E-state index in [0.717, 1.165) is 28.8 Å². The van der Waals surface area contributed by atoms with Gasteiger partial charge in [-0.15, -0.1) is 11.3 Å². The van der Waals surface area contributed by atoms with Crippen molar-refractivity contribution in [3.8, 4) is 0 Å². The highest BCUT2D eigenvalue weighted by molar-refractivity contribution is 7.12. The molecular weight excluding hydrogens is 300 g/mol. The van der Waals surface area contributed by atoms with Crippen molar-refractivity contribution in [3.63, 3.8) is 0 Å². The Bertz CT molecular complexity index is 636. The van der Waals surface area contributed by atoms with E-state index in [2.05, 4.69) is 13.0 Å². The van der Waals surface area contributed by atoms with Gasteiger partial charge in [-0.3, -0.25) is 0 Å². The molecule has 1 heterocycles. The Morgan fingerprint density at radius 2 is 1.76 bits per heavy atom. The van der Waals surface area contributed by atoms with Gasteiger partial charge < -0.3 is 5.11 Å². The Morgan fingerprint density at radius 3 is 2.57 bits per heavy atom. The standard InChI is InChI=1S/C18H21ClOS/c1-11-8-14(15(19)9-12(11)2)18(20)17-10-13-6-4-3-5-7-16(13)21-17/h8-10,18,20H,3-7H2,1-2H3. The Morgan fingerprint density at radius 1 is 1.05 bits per heavy atom. The van der Waals surface area contributed by atoms with E-state index < -0.39 is 6.10 Å². The van der Waals surface area contributed by atoms with E-state index in [4.69, 9.17) is 11.6 Å². The van der Waals surface area contributed by atoms with Crippen LogP contribution in [-0.2, 0) is 12.8 Å². The molecule has 1 aromatic carbocycles. The monoisotopic (exact) mass is 320 g/mol. The van der Waals surface area contributed by atoms with E-state index in [1.54, 1.807) is 11.3 Å². The van der Waals surface area contributed by atoms with E-state index in [0.29, 0.717) is 5.02 Å². The van der Waals surface area contributed by atoms with Gasteiger partial charge in [0.2, 0.25) is 0 Å². The largest absolute Gasteiger partial charge is 0.383 e. The first-order valence-electron chi connectivity index (χ1n) is 7.62. The van der Waals surface area contributed by atoms with Crippen molar-refractivity contribution in [1.29, 1.82) is 0 Å². The van der Waals surface area contributed by atoms with Crippen LogP contribution in [0.25, 0.3) is 0 Å². The lowest BCUT2D eigenvalue weighted by Gasteiger charge is -2.13.